The maximum absolute atomic E-state index is 9.71. The molecule has 4 nitrogen and oxygen atoms in total. The van der Waals surface area contributed by atoms with Crippen molar-refractivity contribution >= 4 is 5.82 Å². The fourth-order valence-corrected chi connectivity index (χ4v) is 1.74. The molecule has 1 N–H and O–H groups in total. The predicted octanol–water partition coefficient (Wildman–Crippen LogP) is 2.12. The van der Waals surface area contributed by atoms with Crippen LogP contribution in [0.1, 0.15) is 32.4 Å². The Kier molecular flexibility index (Phi) is 4.92. The molecule has 0 saturated heterocycles. The summed E-state index contributed by atoms with van der Waals surface area (Å²) in [6.07, 6.45) is 1.16. The van der Waals surface area contributed by atoms with Crippen LogP contribution in [0.3, 0.4) is 0 Å². The third kappa shape index (κ3) is 3.43. The van der Waals surface area contributed by atoms with Crippen molar-refractivity contribution in [2.75, 3.05) is 18.0 Å². The smallest absolute Gasteiger partial charge is 0.134 e. The van der Waals surface area contributed by atoms with Gasteiger partial charge in [0, 0.05) is 24.8 Å². The highest BCUT2D eigenvalue weighted by Crippen LogP contribution is 2.24. The highest BCUT2D eigenvalue weighted by atomic mass is 16.3. The number of pyridine rings is 1. The normalized spacial score (nSPS) is 13.8. The molecule has 0 aromatic carbocycles. The number of rotatable bonds is 5. The van der Waals surface area contributed by atoms with E-state index in [-0.39, 0.29) is 5.92 Å². The quantitative estimate of drug-likeness (QED) is 0.846. The fraction of sp³-hybridized carbons (Fsp3) is 0.538. The van der Waals surface area contributed by atoms with Gasteiger partial charge < -0.3 is 10.0 Å². The monoisotopic (exact) mass is 233 g/mol. The van der Waals surface area contributed by atoms with Crippen LogP contribution in [-0.4, -0.2) is 23.2 Å². The first-order chi connectivity index (χ1) is 8.10. The molecule has 4 heteroatoms. The Morgan fingerprint density at radius 2 is 2.24 bits per heavy atom. The number of nitrogens with zero attached hydrogens (tertiary/aromatic N) is 3. The second kappa shape index (κ2) is 6.21. The molecule has 0 saturated carbocycles. The third-order valence-electron chi connectivity index (χ3n) is 2.66. The Labute approximate surface area is 103 Å². The van der Waals surface area contributed by atoms with Gasteiger partial charge in [0.25, 0.3) is 0 Å². The summed E-state index contributed by atoms with van der Waals surface area (Å²) in [4.78, 5) is 6.34. The molecule has 0 amide bonds. The van der Waals surface area contributed by atoms with Crippen molar-refractivity contribution in [2.45, 2.75) is 26.9 Å². The molecule has 92 valence electrons. The summed E-state index contributed by atoms with van der Waals surface area (Å²) in [6.45, 7) is 7.02. The van der Waals surface area contributed by atoms with Crippen LogP contribution < -0.4 is 4.90 Å². The molecule has 1 heterocycles. The van der Waals surface area contributed by atoms with Crippen molar-refractivity contribution in [3.63, 3.8) is 0 Å². The highest BCUT2D eigenvalue weighted by molar-refractivity contribution is 5.47. The number of aliphatic hydroxyl groups excluding tert-OH is 1. The number of nitriles is 1. The Morgan fingerprint density at radius 1 is 1.53 bits per heavy atom. The zero-order chi connectivity index (χ0) is 12.8. The molecule has 0 fully saturated rings. The Balaban J connectivity index is 2.99. The predicted molar refractivity (Wildman–Crippen MR) is 67.5 cm³/mol. The Hall–Kier alpha value is -1.60. The van der Waals surface area contributed by atoms with Crippen LogP contribution in [0.5, 0.6) is 0 Å². The van der Waals surface area contributed by atoms with Crippen molar-refractivity contribution < 1.29 is 5.11 Å². The van der Waals surface area contributed by atoms with Gasteiger partial charge in [0.2, 0.25) is 0 Å². The number of aromatic nitrogens is 1. The van der Waals surface area contributed by atoms with E-state index in [4.69, 9.17) is 5.26 Å². The van der Waals surface area contributed by atoms with E-state index in [9.17, 15) is 5.11 Å². The fourth-order valence-electron chi connectivity index (χ4n) is 1.74. The molecule has 1 aromatic heterocycles. The van der Waals surface area contributed by atoms with Gasteiger partial charge in [0.1, 0.15) is 5.82 Å². The van der Waals surface area contributed by atoms with Crippen LogP contribution in [0.4, 0.5) is 5.82 Å². The molecule has 1 unspecified atom stereocenters. The minimum Gasteiger partial charge on any atom is -0.389 e. The molecule has 0 aliphatic carbocycles. The van der Waals surface area contributed by atoms with E-state index >= 15 is 0 Å². The van der Waals surface area contributed by atoms with Crippen molar-refractivity contribution in [3.8, 4) is 6.07 Å². The van der Waals surface area contributed by atoms with Gasteiger partial charge in [0.05, 0.1) is 18.1 Å². The third-order valence-corrected chi connectivity index (χ3v) is 2.66. The van der Waals surface area contributed by atoms with Crippen LogP contribution in [0.25, 0.3) is 0 Å². The average molecular weight is 233 g/mol. The molecule has 0 radical (unpaired) electrons. The molecule has 0 spiro atoms. The van der Waals surface area contributed by atoms with Crippen molar-refractivity contribution in [3.05, 3.63) is 23.9 Å². The zero-order valence-electron chi connectivity index (χ0n) is 10.6. The van der Waals surface area contributed by atoms with E-state index in [1.807, 2.05) is 30.9 Å². The first kappa shape index (κ1) is 13.5. The van der Waals surface area contributed by atoms with Crippen LogP contribution in [-0.2, 0) is 0 Å². The van der Waals surface area contributed by atoms with E-state index in [0.29, 0.717) is 6.54 Å². The lowest BCUT2D eigenvalue weighted by Gasteiger charge is -2.26. The number of hydrogen-bond acceptors (Lipinski definition) is 4. The van der Waals surface area contributed by atoms with Crippen molar-refractivity contribution in [1.82, 2.24) is 4.98 Å². The molecule has 0 bridgehead atoms. The summed E-state index contributed by atoms with van der Waals surface area (Å²) in [6, 6.07) is 5.90. The SMILES string of the molecule is CCN(CC(C)C#N)c1ncccc1[C@@H](C)O. The van der Waals surface area contributed by atoms with Gasteiger partial charge >= 0.3 is 0 Å². The number of anilines is 1. The maximum atomic E-state index is 9.71. The highest BCUT2D eigenvalue weighted by Gasteiger charge is 2.16. The molecular formula is C13H19N3O. The van der Waals surface area contributed by atoms with E-state index in [0.717, 1.165) is 17.9 Å². The summed E-state index contributed by atoms with van der Waals surface area (Å²) >= 11 is 0. The molecule has 2 atom stereocenters. The van der Waals surface area contributed by atoms with Gasteiger partial charge in [0.15, 0.2) is 0 Å². The summed E-state index contributed by atoms with van der Waals surface area (Å²) in [7, 11) is 0. The van der Waals surface area contributed by atoms with E-state index in [2.05, 4.69) is 11.1 Å². The lowest BCUT2D eigenvalue weighted by atomic mass is 10.1. The first-order valence-electron chi connectivity index (χ1n) is 5.87. The van der Waals surface area contributed by atoms with Crippen LogP contribution in [0, 0.1) is 17.2 Å². The van der Waals surface area contributed by atoms with Crippen LogP contribution in [0.15, 0.2) is 18.3 Å². The van der Waals surface area contributed by atoms with E-state index < -0.39 is 6.10 Å². The van der Waals surface area contributed by atoms with Gasteiger partial charge in [-0.2, -0.15) is 5.26 Å². The van der Waals surface area contributed by atoms with Gasteiger partial charge in [-0.05, 0) is 26.8 Å². The van der Waals surface area contributed by atoms with Gasteiger partial charge in [-0.3, -0.25) is 0 Å². The molecule has 1 aromatic rings. The number of hydrogen-bond donors (Lipinski definition) is 1. The first-order valence-corrected chi connectivity index (χ1v) is 5.87. The lowest BCUT2D eigenvalue weighted by Crippen LogP contribution is -2.29. The molecule has 0 aliphatic heterocycles. The zero-order valence-corrected chi connectivity index (χ0v) is 10.6. The number of aliphatic hydroxyl groups is 1. The van der Waals surface area contributed by atoms with Gasteiger partial charge in [-0.15, -0.1) is 0 Å². The molecular weight excluding hydrogens is 214 g/mol. The van der Waals surface area contributed by atoms with E-state index in [1.165, 1.54) is 0 Å². The molecule has 1 rings (SSSR count). The summed E-state index contributed by atoms with van der Waals surface area (Å²) < 4.78 is 0. The topological polar surface area (TPSA) is 60.2 Å². The summed E-state index contributed by atoms with van der Waals surface area (Å²) in [5, 5.41) is 18.6. The molecule has 17 heavy (non-hydrogen) atoms. The van der Waals surface area contributed by atoms with Gasteiger partial charge in [-0.1, -0.05) is 6.07 Å². The Bertz CT molecular complexity index is 398. The standard InChI is InChI=1S/C13H19N3O/c1-4-16(9-10(2)8-14)13-12(11(3)17)6-5-7-15-13/h5-7,10-11,17H,4,9H2,1-3H3/t10?,11-/m1/s1. The maximum Gasteiger partial charge on any atom is 0.134 e. The minimum atomic E-state index is -0.551. The molecule has 0 aliphatic rings. The largest absolute Gasteiger partial charge is 0.389 e. The lowest BCUT2D eigenvalue weighted by molar-refractivity contribution is 0.199. The second-order valence-corrected chi connectivity index (χ2v) is 4.16. The second-order valence-electron chi connectivity index (χ2n) is 4.16. The Morgan fingerprint density at radius 3 is 2.76 bits per heavy atom. The average Bonchev–Trinajstić information content (AvgIpc) is 2.35. The van der Waals surface area contributed by atoms with Crippen LogP contribution >= 0.6 is 0 Å². The van der Waals surface area contributed by atoms with Crippen molar-refractivity contribution in [2.24, 2.45) is 5.92 Å². The van der Waals surface area contributed by atoms with Crippen LogP contribution in [0.2, 0.25) is 0 Å². The summed E-state index contributed by atoms with van der Waals surface area (Å²) in [5.41, 5.74) is 0.805. The van der Waals surface area contributed by atoms with E-state index in [1.54, 1.807) is 13.1 Å². The minimum absolute atomic E-state index is 0.0567. The summed E-state index contributed by atoms with van der Waals surface area (Å²) in [5.74, 6) is 0.714. The van der Waals surface area contributed by atoms with Gasteiger partial charge in [-0.25, -0.2) is 4.98 Å². The van der Waals surface area contributed by atoms with Crippen molar-refractivity contribution in [1.29, 1.82) is 5.26 Å².